The first-order chi connectivity index (χ1) is 10.4. The molecule has 118 valence electrons. The fraction of sp³-hybridized carbons (Fsp3) is 0.294. The standard InChI is InChI=1S/C17H21NO3S/c1-14-6-5-9-16(12-14)18-13-17(22(19,20)21)11-10-15-7-3-2-4-8-15/h2-9,12,17-18H,10-11,13H2,1H3,(H,19,20,21). The molecule has 1 unspecified atom stereocenters. The fourth-order valence-electron chi connectivity index (χ4n) is 2.32. The van der Waals surface area contributed by atoms with E-state index in [1.54, 1.807) is 0 Å². The molecule has 2 aromatic carbocycles. The summed E-state index contributed by atoms with van der Waals surface area (Å²) in [7, 11) is -4.08. The molecule has 0 heterocycles. The van der Waals surface area contributed by atoms with Crippen molar-refractivity contribution in [1.82, 2.24) is 0 Å². The lowest BCUT2D eigenvalue weighted by Gasteiger charge is -2.16. The molecule has 5 heteroatoms. The lowest BCUT2D eigenvalue weighted by Crippen LogP contribution is -2.29. The highest BCUT2D eigenvalue weighted by atomic mass is 32.2. The first-order valence-corrected chi connectivity index (χ1v) is 8.76. The minimum Gasteiger partial charge on any atom is -0.384 e. The number of rotatable bonds is 7. The monoisotopic (exact) mass is 319 g/mol. The summed E-state index contributed by atoms with van der Waals surface area (Å²) in [5.74, 6) is 0. The van der Waals surface area contributed by atoms with Gasteiger partial charge in [-0.3, -0.25) is 4.55 Å². The average Bonchev–Trinajstić information content (AvgIpc) is 2.47. The third-order valence-electron chi connectivity index (χ3n) is 3.57. The van der Waals surface area contributed by atoms with Gasteiger partial charge in [-0.25, -0.2) is 0 Å². The Morgan fingerprint density at radius 3 is 2.45 bits per heavy atom. The van der Waals surface area contributed by atoms with Crippen LogP contribution in [-0.2, 0) is 16.5 Å². The Morgan fingerprint density at radius 1 is 1.09 bits per heavy atom. The average molecular weight is 319 g/mol. The maximum absolute atomic E-state index is 11.6. The van der Waals surface area contributed by atoms with Gasteiger partial charge in [-0.2, -0.15) is 8.42 Å². The molecule has 0 fully saturated rings. The van der Waals surface area contributed by atoms with E-state index in [4.69, 9.17) is 0 Å². The number of hydrogen-bond acceptors (Lipinski definition) is 3. The molecule has 0 bridgehead atoms. The van der Waals surface area contributed by atoms with E-state index in [0.717, 1.165) is 16.8 Å². The van der Waals surface area contributed by atoms with E-state index in [0.29, 0.717) is 12.8 Å². The van der Waals surface area contributed by atoms with Gasteiger partial charge in [0, 0.05) is 12.2 Å². The molecular formula is C17H21NO3S. The van der Waals surface area contributed by atoms with E-state index in [9.17, 15) is 13.0 Å². The van der Waals surface area contributed by atoms with Crippen LogP contribution in [0.15, 0.2) is 54.6 Å². The second-order valence-corrected chi connectivity index (χ2v) is 7.11. The topological polar surface area (TPSA) is 66.4 Å². The first kappa shape index (κ1) is 16.5. The van der Waals surface area contributed by atoms with Gasteiger partial charge < -0.3 is 5.32 Å². The predicted octanol–water partition coefficient (Wildman–Crippen LogP) is 3.30. The third kappa shape index (κ3) is 5.16. The molecule has 0 aliphatic rings. The summed E-state index contributed by atoms with van der Waals surface area (Å²) in [4.78, 5) is 0. The van der Waals surface area contributed by atoms with Crippen LogP contribution < -0.4 is 5.32 Å². The lowest BCUT2D eigenvalue weighted by molar-refractivity contribution is 0.464. The van der Waals surface area contributed by atoms with Crippen LogP contribution in [0.5, 0.6) is 0 Å². The van der Waals surface area contributed by atoms with E-state index in [1.165, 1.54) is 0 Å². The second-order valence-electron chi connectivity index (χ2n) is 5.41. The molecule has 0 saturated heterocycles. The molecule has 22 heavy (non-hydrogen) atoms. The highest BCUT2D eigenvalue weighted by Crippen LogP contribution is 2.14. The SMILES string of the molecule is Cc1cccc(NCC(CCc2ccccc2)S(=O)(=O)O)c1. The molecule has 0 amide bonds. The van der Waals surface area contributed by atoms with E-state index in [-0.39, 0.29) is 6.54 Å². The van der Waals surface area contributed by atoms with Crippen LogP contribution >= 0.6 is 0 Å². The molecule has 1 atom stereocenters. The van der Waals surface area contributed by atoms with Crippen LogP contribution in [0, 0.1) is 6.92 Å². The summed E-state index contributed by atoms with van der Waals surface area (Å²) in [5, 5.41) is 2.26. The molecule has 2 N–H and O–H groups in total. The Kier molecular flexibility index (Phi) is 5.57. The fourth-order valence-corrected chi connectivity index (χ4v) is 3.03. The van der Waals surface area contributed by atoms with Crippen molar-refractivity contribution in [2.24, 2.45) is 0 Å². The van der Waals surface area contributed by atoms with Gasteiger partial charge in [0.05, 0.1) is 0 Å². The molecule has 2 rings (SSSR count). The van der Waals surface area contributed by atoms with Gasteiger partial charge in [-0.05, 0) is 43.0 Å². The van der Waals surface area contributed by atoms with Crippen molar-refractivity contribution in [3.63, 3.8) is 0 Å². The summed E-state index contributed by atoms with van der Waals surface area (Å²) >= 11 is 0. The summed E-state index contributed by atoms with van der Waals surface area (Å²) in [5.41, 5.74) is 3.01. The van der Waals surface area contributed by atoms with Gasteiger partial charge in [0.1, 0.15) is 5.25 Å². The van der Waals surface area contributed by atoms with Crippen molar-refractivity contribution in [2.75, 3.05) is 11.9 Å². The van der Waals surface area contributed by atoms with Gasteiger partial charge in [-0.1, -0.05) is 42.5 Å². The van der Waals surface area contributed by atoms with Crippen molar-refractivity contribution < 1.29 is 13.0 Å². The maximum Gasteiger partial charge on any atom is 0.269 e. The first-order valence-electron chi connectivity index (χ1n) is 7.26. The van der Waals surface area contributed by atoms with Crippen molar-refractivity contribution in [3.8, 4) is 0 Å². The van der Waals surface area contributed by atoms with E-state index in [1.807, 2.05) is 61.5 Å². The number of aryl methyl sites for hydroxylation is 2. The third-order valence-corrected chi connectivity index (χ3v) is 4.82. The number of benzene rings is 2. The maximum atomic E-state index is 11.6. The number of nitrogens with one attached hydrogen (secondary N) is 1. The largest absolute Gasteiger partial charge is 0.384 e. The minimum absolute atomic E-state index is 0.190. The van der Waals surface area contributed by atoms with Crippen molar-refractivity contribution in [3.05, 3.63) is 65.7 Å². The quantitative estimate of drug-likeness (QED) is 0.769. The van der Waals surface area contributed by atoms with Crippen LogP contribution in [0.1, 0.15) is 17.5 Å². The van der Waals surface area contributed by atoms with Gasteiger partial charge in [0.25, 0.3) is 10.1 Å². The summed E-state index contributed by atoms with van der Waals surface area (Å²) in [6, 6.07) is 17.4. The number of hydrogen-bond donors (Lipinski definition) is 2. The minimum atomic E-state index is -4.08. The zero-order valence-electron chi connectivity index (χ0n) is 12.6. The Balaban J connectivity index is 1.98. The molecule has 4 nitrogen and oxygen atoms in total. The molecule has 0 spiro atoms. The second kappa shape index (κ2) is 7.42. The molecule has 0 aromatic heterocycles. The van der Waals surface area contributed by atoms with Crippen molar-refractivity contribution >= 4 is 15.8 Å². The van der Waals surface area contributed by atoms with Gasteiger partial charge >= 0.3 is 0 Å². The highest BCUT2D eigenvalue weighted by Gasteiger charge is 2.22. The van der Waals surface area contributed by atoms with Crippen LogP contribution in [0.25, 0.3) is 0 Å². The smallest absolute Gasteiger partial charge is 0.269 e. The number of anilines is 1. The van der Waals surface area contributed by atoms with Gasteiger partial charge in [-0.15, -0.1) is 0 Å². The molecular weight excluding hydrogens is 298 g/mol. The van der Waals surface area contributed by atoms with Crippen LogP contribution in [0.4, 0.5) is 5.69 Å². The van der Waals surface area contributed by atoms with Gasteiger partial charge in [0.2, 0.25) is 0 Å². The Labute approximate surface area is 131 Å². The molecule has 0 radical (unpaired) electrons. The zero-order chi connectivity index (χ0) is 16.0. The predicted molar refractivity (Wildman–Crippen MR) is 89.8 cm³/mol. The molecule has 0 saturated carbocycles. The van der Waals surface area contributed by atoms with Crippen molar-refractivity contribution in [2.45, 2.75) is 25.0 Å². The Bertz CT molecular complexity index is 699. The molecule has 0 aliphatic heterocycles. The molecule has 0 aliphatic carbocycles. The van der Waals surface area contributed by atoms with Crippen LogP contribution in [0.2, 0.25) is 0 Å². The Morgan fingerprint density at radius 2 is 1.82 bits per heavy atom. The Hall–Kier alpha value is -1.85. The zero-order valence-corrected chi connectivity index (χ0v) is 13.4. The van der Waals surface area contributed by atoms with E-state index >= 15 is 0 Å². The van der Waals surface area contributed by atoms with E-state index in [2.05, 4.69) is 5.32 Å². The lowest BCUT2D eigenvalue weighted by atomic mass is 10.1. The van der Waals surface area contributed by atoms with Gasteiger partial charge in [0.15, 0.2) is 0 Å². The summed E-state index contributed by atoms with van der Waals surface area (Å²) in [6.45, 7) is 2.16. The highest BCUT2D eigenvalue weighted by molar-refractivity contribution is 7.86. The normalized spacial score (nSPS) is 12.8. The summed E-state index contributed by atoms with van der Waals surface area (Å²) in [6.07, 6.45) is 0.989. The molecule has 2 aromatic rings. The van der Waals surface area contributed by atoms with Crippen molar-refractivity contribution in [1.29, 1.82) is 0 Å². The van der Waals surface area contributed by atoms with Crippen LogP contribution in [-0.4, -0.2) is 24.8 Å². The summed E-state index contributed by atoms with van der Waals surface area (Å²) < 4.78 is 32.5. The van der Waals surface area contributed by atoms with E-state index < -0.39 is 15.4 Å². The van der Waals surface area contributed by atoms with Crippen LogP contribution in [0.3, 0.4) is 0 Å².